The number of nitrogens with one attached hydrogen (secondary N) is 1. The van der Waals surface area contributed by atoms with Gasteiger partial charge in [-0.2, -0.15) is 0 Å². The second-order valence-corrected chi connectivity index (χ2v) is 5.00. The van der Waals surface area contributed by atoms with Crippen LogP contribution in [0.3, 0.4) is 0 Å². The molecule has 20 heavy (non-hydrogen) atoms. The first-order valence-corrected chi connectivity index (χ1v) is 7.03. The molecule has 1 aromatic rings. The molecule has 0 spiro atoms. The number of carbonyl (C=O) groups is 1. The summed E-state index contributed by atoms with van der Waals surface area (Å²) in [5, 5.41) is 12.0. The third kappa shape index (κ3) is 3.89. The Morgan fingerprint density at radius 2 is 2.15 bits per heavy atom. The summed E-state index contributed by atoms with van der Waals surface area (Å²) < 4.78 is 0. The number of urea groups is 1. The Morgan fingerprint density at radius 3 is 2.85 bits per heavy atom. The quantitative estimate of drug-likeness (QED) is 0.824. The fraction of sp³-hybridized carbons (Fsp3) is 0.400. The van der Waals surface area contributed by atoms with Crippen LogP contribution >= 0.6 is 11.6 Å². The molecule has 1 saturated heterocycles. The van der Waals surface area contributed by atoms with E-state index in [1.165, 1.54) is 0 Å². The van der Waals surface area contributed by atoms with Gasteiger partial charge in [-0.15, -0.1) is 0 Å². The highest BCUT2D eigenvalue weighted by Crippen LogP contribution is 2.23. The smallest absolute Gasteiger partial charge is 0.321 e. The molecule has 2 rings (SSSR count). The molecule has 0 atom stereocenters. The van der Waals surface area contributed by atoms with Crippen molar-refractivity contribution in [2.75, 3.05) is 25.0 Å². The first-order chi connectivity index (χ1) is 9.70. The standard InChI is InChI=1S/C15H17ClN2O2/c16-13-7-6-12(5-1-4-10-19)11-14(13)17-15(20)18-8-2-3-9-18/h6-7,11,19H,2-4,8-10H2,(H,17,20). The highest BCUT2D eigenvalue weighted by Gasteiger charge is 2.18. The number of hydrogen-bond acceptors (Lipinski definition) is 2. The molecule has 1 aliphatic heterocycles. The summed E-state index contributed by atoms with van der Waals surface area (Å²) in [6.07, 6.45) is 2.53. The Bertz CT molecular complexity index is 543. The average Bonchev–Trinajstić information content (AvgIpc) is 2.97. The Labute approximate surface area is 123 Å². The van der Waals surface area contributed by atoms with Crippen molar-refractivity contribution >= 4 is 23.3 Å². The van der Waals surface area contributed by atoms with Crippen LogP contribution in [-0.2, 0) is 0 Å². The number of hydrogen-bond donors (Lipinski definition) is 2. The zero-order valence-corrected chi connectivity index (χ0v) is 11.9. The molecule has 0 radical (unpaired) electrons. The number of halogens is 1. The van der Waals surface area contributed by atoms with E-state index in [-0.39, 0.29) is 12.6 Å². The SMILES string of the molecule is O=C(Nc1cc(C#CCCO)ccc1Cl)N1CCCC1. The van der Waals surface area contributed by atoms with Crippen LogP contribution in [0.1, 0.15) is 24.8 Å². The topological polar surface area (TPSA) is 52.6 Å². The lowest BCUT2D eigenvalue weighted by Gasteiger charge is -2.16. The average molecular weight is 293 g/mol. The summed E-state index contributed by atoms with van der Waals surface area (Å²) in [4.78, 5) is 13.8. The third-order valence-electron chi connectivity index (χ3n) is 3.07. The fourth-order valence-corrected chi connectivity index (χ4v) is 2.20. The molecule has 0 aromatic heterocycles. The summed E-state index contributed by atoms with van der Waals surface area (Å²) in [7, 11) is 0. The number of likely N-dealkylation sites (tertiary alicyclic amines) is 1. The Kier molecular flexibility index (Phi) is 5.28. The molecule has 106 valence electrons. The zero-order chi connectivity index (χ0) is 14.4. The van der Waals surface area contributed by atoms with Gasteiger partial charge in [0.2, 0.25) is 0 Å². The van der Waals surface area contributed by atoms with Crippen molar-refractivity contribution in [1.29, 1.82) is 0 Å². The van der Waals surface area contributed by atoms with Gasteiger partial charge < -0.3 is 15.3 Å². The van der Waals surface area contributed by atoms with Crippen molar-refractivity contribution in [1.82, 2.24) is 4.90 Å². The largest absolute Gasteiger partial charge is 0.395 e. The summed E-state index contributed by atoms with van der Waals surface area (Å²) in [6.45, 7) is 1.62. The number of nitrogens with zero attached hydrogens (tertiary/aromatic N) is 1. The molecular formula is C15H17ClN2O2. The normalized spacial score (nSPS) is 13.8. The van der Waals surface area contributed by atoms with Gasteiger partial charge in [0.25, 0.3) is 0 Å². The molecule has 0 aliphatic carbocycles. The van der Waals surface area contributed by atoms with E-state index in [0.29, 0.717) is 17.1 Å². The maximum absolute atomic E-state index is 12.0. The number of rotatable bonds is 2. The van der Waals surface area contributed by atoms with Gasteiger partial charge in [0, 0.05) is 25.1 Å². The highest BCUT2D eigenvalue weighted by atomic mass is 35.5. The Hall–Kier alpha value is -1.70. The summed E-state index contributed by atoms with van der Waals surface area (Å²) >= 11 is 6.09. The molecule has 5 heteroatoms. The highest BCUT2D eigenvalue weighted by molar-refractivity contribution is 6.33. The molecule has 1 aliphatic rings. The monoisotopic (exact) mass is 292 g/mol. The lowest BCUT2D eigenvalue weighted by atomic mass is 10.2. The van der Waals surface area contributed by atoms with E-state index in [9.17, 15) is 4.79 Å². The van der Waals surface area contributed by atoms with Crippen molar-refractivity contribution < 1.29 is 9.90 Å². The summed E-state index contributed by atoms with van der Waals surface area (Å²) in [6, 6.07) is 5.13. The lowest BCUT2D eigenvalue weighted by molar-refractivity contribution is 0.222. The van der Waals surface area contributed by atoms with Gasteiger partial charge in [0.15, 0.2) is 0 Å². The van der Waals surface area contributed by atoms with Gasteiger partial charge in [-0.05, 0) is 31.0 Å². The van der Waals surface area contributed by atoms with Crippen molar-refractivity contribution in [2.24, 2.45) is 0 Å². The van der Waals surface area contributed by atoms with Gasteiger partial charge in [-0.3, -0.25) is 0 Å². The second kappa shape index (κ2) is 7.18. The maximum atomic E-state index is 12.0. The molecule has 2 N–H and O–H groups in total. The molecule has 1 fully saturated rings. The van der Waals surface area contributed by atoms with Gasteiger partial charge in [-0.25, -0.2) is 4.79 Å². The van der Waals surface area contributed by atoms with Crippen molar-refractivity contribution in [3.8, 4) is 11.8 Å². The minimum atomic E-state index is -0.120. The van der Waals surface area contributed by atoms with Gasteiger partial charge >= 0.3 is 6.03 Å². The predicted octanol–water partition coefficient (Wildman–Crippen LogP) is 2.70. The van der Waals surface area contributed by atoms with Crippen LogP contribution in [-0.4, -0.2) is 35.7 Å². The molecule has 0 saturated carbocycles. The Balaban J connectivity index is 2.08. The lowest BCUT2D eigenvalue weighted by Crippen LogP contribution is -2.32. The van der Waals surface area contributed by atoms with E-state index in [0.717, 1.165) is 31.5 Å². The van der Waals surface area contributed by atoms with Crippen molar-refractivity contribution in [3.05, 3.63) is 28.8 Å². The fourth-order valence-electron chi connectivity index (χ4n) is 2.03. The zero-order valence-electron chi connectivity index (χ0n) is 11.2. The van der Waals surface area contributed by atoms with E-state index >= 15 is 0 Å². The van der Waals surface area contributed by atoms with E-state index in [1.54, 1.807) is 23.1 Å². The van der Waals surface area contributed by atoms with E-state index in [2.05, 4.69) is 17.2 Å². The van der Waals surface area contributed by atoms with Crippen LogP contribution in [0, 0.1) is 11.8 Å². The number of anilines is 1. The predicted molar refractivity (Wildman–Crippen MR) is 79.9 cm³/mol. The van der Waals surface area contributed by atoms with E-state index in [4.69, 9.17) is 16.7 Å². The summed E-state index contributed by atoms with van der Waals surface area (Å²) in [5.41, 5.74) is 1.33. The number of aliphatic hydroxyl groups excluding tert-OH is 1. The first-order valence-electron chi connectivity index (χ1n) is 6.66. The molecule has 0 unspecified atom stereocenters. The molecular weight excluding hydrogens is 276 g/mol. The van der Waals surface area contributed by atoms with Crippen LogP contribution in [0.2, 0.25) is 5.02 Å². The Morgan fingerprint density at radius 1 is 1.40 bits per heavy atom. The molecule has 1 aromatic carbocycles. The van der Waals surface area contributed by atoms with E-state index in [1.807, 2.05) is 0 Å². The molecule has 1 heterocycles. The number of benzene rings is 1. The van der Waals surface area contributed by atoms with Gasteiger partial charge in [-0.1, -0.05) is 23.4 Å². The van der Waals surface area contributed by atoms with Gasteiger partial charge in [0.1, 0.15) is 0 Å². The minimum Gasteiger partial charge on any atom is -0.395 e. The number of amides is 2. The molecule has 0 bridgehead atoms. The molecule has 2 amide bonds. The maximum Gasteiger partial charge on any atom is 0.321 e. The van der Waals surface area contributed by atoms with Crippen LogP contribution in [0.4, 0.5) is 10.5 Å². The minimum absolute atomic E-state index is 0.0408. The first kappa shape index (κ1) is 14.7. The summed E-state index contributed by atoms with van der Waals surface area (Å²) in [5.74, 6) is 5.76. The number of carbonyl (C=O) groups excluding carboxylic acids is 1. The van der Waals surface area contributed by atoms with Crippen LogP contribution < -0.4 is 5.32 Å². The van der Waals surface area contributed by atoms with Crippen molar-refractivity contribution in [2.45, 2.75) is 19.3 Å². The van der Waals surface area contributed by atoms with Crippen LogP contribution in [0.15, 0.2) is 18.2 Å². The van der Waals surface area contributed by atoms with Crippen LogP contribution in [0.25, 0.3) is 0 Å². The van der Waals surface area contributed by atoms with E-state index < -0.39 is 0 Å². The van der Waals surface area contributed by atoms with Crippen molar-refractivity contribution in [3.63, 3.8) is 0 Å². The number of aliphatic hydroxyl groups is 1. The second-order valence-electron chi connectivity index (χ2n) is 4.59. The van der Waals surface area contributed by atoms with Crippen LogP contribution in [0.5, 0.6) is 0 Å². The molecule has 4 nitrogen and oxygen atoms in total. The van der Waals surface area contributed by atoms with Gasteiger partial charge in [0.05, 0.1) is 17.3 Å². The third-order valence-corrected chi connectivity index (χ3v) is 3.40.